The molecule has 1 atom stereocenters. The molecule has 1 aliphatic heterocycles. The van der Waals surface area contributed by atoms with E-state index in [1.807, 2.05) is 65.7 Å². The minimum absolute atomic E-state index is 0.0340. The average molecular weight is 403 g/mol. The van der Waals surface area contributed by atoms with Gasteiger partial charge in [-0.2, -0.15) is 5.10 Å². The normalized spacial score (nSPS) is 16.2. The van der Waals surface area contributed by atoms with Crippen LogP contribution in [-0.4, -0.2) is 43.9 Å². The number of ether oxygens (including phenoxy) is 2. The van der Waals surface area contributed by atoms with Crippen molar-refractivity contribution >= 4 is 28.6 Å². The van der Waals surface area contributed by atoms with Crippen molar-refractivity contribution in [2.75, 3.05) is 26.1 Å². The third-order valence-corrected chi connectivity index (χ3v) is 5.34. The van der Waals surface area contributed by atoms with Gasteiger partial charge in [-0.15, -0.1) is 0 Å². The quantitative estimate of drug-likeness (QED) is 0.624. The summed E-state index contributed by atoms with van der Waals surface area (Å²) in [6.45, 7) is 0.747. The molecule has 6 heteroatoms. The molecule has 1 amide bonds. The fourth-order valence-electron chi connectivity index (χ4n) is 3.78. The Labute approximate surface area is 176 Å². The Kier molecular flexibility index (Phi) is 5.84. The Bertz CT molecular complexity index is 1070. The van der Waals surface area contributed by atoms with Crippen molar-refractivity contribution in [3.63, 3.8) is 0 Å². The van der Waals surface area contributed by atoms with Crippen molar-refractivity contribution in [1.29, 1.82) is 0 Å². The lowest BCUT2D eigenvalue weighted by atomic mass is 10.1. The predicted molar refractivity (Wildman–Crippen MR) is 119 cm³/mol. The second-order valence-electron chi connectivity index (χ2n) is 7.20. The third-order valence-electron chi connectivity index (χ3n) is 5.34. The van der Waals surface area contributed by atoms with E-state index in [0.717, 1.165) is 41.4 Å². The molecular weight excluding hydrogens is 378 g/mol. The van der Waals surface area contributed by atoms with Crippen LogP contribution < -0.4 is 14.8 Å². The number of benzene rings is 3. The van der Waals surface area contributed by atoms with E-state index in [1.54, 1.807) is 20.4 Å². The molecule has 154 valence electrons. The summed E-state index contributed by atoms with van der Waals surface area (Å²) in [5.41, 5.74) is 1.71. The smallest absolute Gasteiger partial charge is 0.248 e. The Morgan fingerprint density at radius 1 is 1.07 bits per heavy atom. The monoisotopic (exact) mass is 403 g/mol. The molecule has 0 spiro atoms. The first-order chi connectivity index (χ1) is 14.7. The van der Waals surface area contributed by atoms with Gasteiger partial charge in [0.2, 0.25) is 5.91 Å². The van der Waals surface area contributed by atoms with Crippen LogP contribution in [0.3, 0.4) is 0 Å². The maximum absolute atomic E-state index is 13.0. The van der Waals surface area contributed by atoms with Crippen molar-refractivity contribution in [3.8, 4) is 11.5 Å². The lowest BCUT2D eigenvalue weighted by Crippen LogP contribution is -2.36. The second kappa shape index (κ2) is 8.86. The molecule has 4 rings (SSSR count). The number of nitrogens with one attached hydrogen (secondary N) is 1. The van der Waals surface area contributed by atoms with E-state index >= 15 is 0 Å². The molecule has 0 saturated carbocycles. The van der Waals surface area contributed by atoms with Gasteiger partial charge in [0.25, 0.3) is 0 Å². The maximum atomic E-state index is 13.0. The van der Waals surface area contributed by atoms with E-state index in [1.165, 1.54) is 0 Å². The SMILES string of the molecule is COc1ccc(/C=N/N2CCCC2C(=O)Nc2cccc3ccccc23)cc1OC. The van der Waals surface area contributed by atoms with Crippen molar-refractivity contribution in [2.45, 2.75) is 18.9 Å². The van der Waals surface area contributed by atoms with Gasteiger partial charge >= 0.3 is 0 Å². The van der Waals surface area contributed by atoms with E-state index in [0.29, 0.717) is 11.5 Å². The van der Waals surface area contributed by atoms with Gasteiger partial charge in [-0.05, 0) is 48.1 Å². The molecule has 1 saturated heterocycles. The number of hydrogen-bond donors (Lipinski definition) is 1. The molecule has 1 aliphatic rings. The molecule has 1 fully saturated rings. The maximum Gasteiger partial charge on any atom is 0.248 e. The van der Waals surface area contributed by atoms with Gasteiger partial charge in [-0.25, -0.2) is 0 Å². The summed E-state index contributed by atoms with van der Waals surface area (Å²) in [6.07, 6.45) is 3.46. The van der Waals surface area contributed by atoms with Gasteiger partial charge in [0, 0.05) is 17.6 Å². The molecule has 1 heterocycles. The summed E-state index contributed by atoms with van der Waals surface area (Å²) in [5, 5.41) is 11.7. The van der Waals surface area contributed by atoms with E-state index in [9.17, 15) is 4.79 Å². The van der Waals surface area contributed by atoms with Crippen molar-refractivity contribution in [1.82, 2.24) is 5.01 Å². The van der Waals surface area contributed by atoms with Crippen molar-refractivity contribution in [2.24, 2.45) is 5.10 Å². The van der Waals surface area contributed by atoms with Gasteiger partial charge in [0.05, 0.1) is 20.4 Å². The third kappa shape index (κ3) is 4.08. The molecular formula is C24H25N3O3. The van der Waals surface area contributed by atoms with Crippen LogP contribution in [0.2, 0.25) is 0 Å². The van der Waals surface area contributed by atoms with E-state index in [-0.39, 0.29) is 11.9 Å². The van der Waals surface area contributed by atoms with Crippen LogP contribution in [0.15, 0.2) is 65.8 Å². The topological polar surface area (TPSA) is 63.2 Å². The number of hydrazone groups is 1. The highest BCUT2D eigenvalue weighted by Gasteiger charge is 2.30. The molecule has 0 bridgehead atoms. The lowest BCUT2D eigenvalue weighted by molar-refractivity contribution is -0.120. The van der Waals surface area contributed by atoms with Gasteiger partial charge in [-0.3, -0.25) is 9.80 Å². The number of nitrogens with zero attached hydrogens (tertiary/aromatic N) is 2. The van der Waals surface area contributed by atoms with Crippen LogP contribution in [0, 0.1) is 0 Å². The first-order valence-electron chi connectivity index (χ1n) is 10.0. The van der Waals surface area contributed by atoms with Crippen molar-refractivity contribution in [3.05, 3.63) is 66.2 Å². The number of methoxy groups -OCH3 is 2. The molecule has 3 aromatic carbocycles. The zero-order valence-corrected chi connectivity index (χ0v) is 17.2. The summed E-state index contributed by atoms with van der Waals surface area (Å²) in [4.78, 5) is 13.0. The Balaban J connectivity index is 1.49. The first-order valence-corrected chi connectivity index (χ1v) is 10.0. The van der Waals surface area contributed by atoms with E-state index in [4.69, 9.17) is 9.47 Å². The Morgan fingerprint density at radius 3 is 2.70 bits per heavy atom. The van der Waals surface area contributed by atoms with Crippen LogP contribution in [0.4, 0.5) is 5.69 Å². The van der Waals surface area contributed by atoms with Gasteiger partial charge < -0.3 is 14.8 Å². The number of rotatable bonds is 6. The summed E-state index contributed by atoms with van der Waals surface area (Å²) < 4.78 is 10.6. The van der Waals surface area contributed by atoms with Crippen LogP contribution in [0.25, 0.3) is 10.8 Å². The number of hydrogen-bond acceptors (Lipinski definition) is 5. The zero-order valence-electron chi connectivity index (χ0n) is 17.2. The van der Waals surface area contributed by atoms with Crippen LogP contribution in [0.5, 0.6) is 11.5 Å². The summed E-state index contributed by atoms with van der Waals surface area (Å²) in [6, 6.07) is 19.3. The van der Waals surface area contributed by atoms with Crippen LogP contribution >= 0.6 is 0 Å². The van der Waals surface area contributed by atoms with Gasteiger partial charge in [0.15, 0.2) is 11.5 Å². The highest BCUT2D eigenvalue weighted by Crippen LogP contribution is 2.28. The fraction of sp³-hybridized carbons (Fsp3) is 0.250. The molecule has 0 radical (unpaired) electrons. The number of anilines is 1. The molecule has 6 nitrogen and oxygen atoms in total. The Morgan fingerprint density at radius 2 is 1.87 bits per heavy atom. The van der Waals surface area contributed by atoms with Gasteiger partial charge in [0.1, 0.15) is 6.04 Å². The summed E-state index contributed by atoms with van der Waals surface area (Å²) in [5.74, 6) is 1.28. The molecule has 3 aromatic rings. The summed E-state index contributed by atoms with van der Waals surface area (Å²) >= 11 is 0. The largest absolute Gasteiger partial charge is 0.493 e. The van der Waals surface area contributed by atoms with Gasteiger partial charge in [-0.1, -0.05) is 36.4 Å². The van der Waals surface area contributed by atoms with Crippen LogP contribution in [0.1, 0.15) is 18.4 Å². The van der Waals surface area contributed by atoms with E-state index in [2.05, 4.69) is 10.4 Å². The molecule has 1 unspecified atom stereocenters. The first kappa shape index (κ1) is 19.8. The minimum atomic E-state index is -0.291. The number of carbonyl (C=O) groups excluding carboxylic acids is 1. The average Bonchev–Trinajstić information content (AvgIpc) is 3.26. The standard InChI is InChI=1S/C24H25N3O3/c1-29-22-13-12-17(15-23(22)30-2)16-25-27-14-6-11-21(27)24(28)26-20-10-5-8-18-7-3-4-9-19(18)20/h3-5,7-10,12-13,15-16,21H,6,11,14H2,1-2H3,(H,26,28)/b25-16+. The van der Waals surface area contributed by atoms with E-state index < -0.39 is 0 Å². The van der Waals surface area contributed by atoms with Crippen LogP contribution in [-0.2, 0) is 4.79 Å². The summed E-state index contributed by atoms with van der Waals surface area (Å²) in [7, 11) is 3.21. The number of fused-ring (bicyclic) bond motifs is 1. The molecule has 30 heavy (non-hydrogen) atoms. The lowest BCUT2D eigenvalue weighted by Gasteiger charge is -2.21. The molecule has 1 N–H and O–H groups in total. The predicted octanol–water partition coefficient (Wildman–Crippen LogP) is 4.29. The number of carbonyl (C=O) groups is 1. The fourth-order valence-corrected chi connectivity index (χ4v) is 3.78. The second-order valence-corrected chi connectivity index (χ2v) is 7.20. The zero-order chi connectivity index (χ0) is 20.9. The molecule has 0 aromatic heterocycles. The minimum Gasteiger partial charge on any atom is -0.493 e. The highest BCUT2D eigenvalue weighted by atomic mass is 16.5. The highest BCUT2D eigenvalue weighted by molar-refractivity contribution is 6.03. The number of amides is 1. The van der Waals surface area contributed by atoms with Crippen molar-refractivity contribution < 1.29 is 14.3 Å². The Hall–Kier alpha value is -3.54. The molecule has 0 aliphatic carbocycles.